The van der Waals surface area contributed by atoms with E-state index in [0.29, 0.717) is 5.75 Å². The minimum Gasteiger partial charge on any atom is -0.292 e. The minimum atomic E-state index is 0.280. The van der Waals surface area contributed by atoms with Crippen LogP contribution in [0.4, 0.5) is 0 Å². The summed E-state index contributed by atoms with van der Waals surface area (Å²) in [6.07, 6.45) is 5.28. The Morgan fingerprint density at radius 3 is 2.80 bits per heavy atom. The normalized spacial score (nSPS) is 17.1. The van der Waals surface area contributed by atoms with Crippen LogP contribution in [0.1, 0.15) is 35.4 Å². The lowest BCUT2D eigenvalue weighted by Crippen LogP contribution is -2.04. The maximum Gasteiger partial charge on any atom is 0.182 e. The molecule has 1 heterocycles. The molecular weight excluding hydrogens is 292 g/mol. The number of Topliss-reactive ketones (excluding diaryl/α,β-unsaturated/α-hetero) is 1. The molecule has 1 nitrogen and oxygen atoms in total. The van der Waals surface area contributed by atoms with Crippen LogP contribution in [0.5, 0.6) is 0 Å². The molecule has 0 spiro atoms. The smallest absolute Gasteiger partial charge is 0.182 e. The van der Waals surface area contributed by atoms with Gasteiger partial charge in [-0.1, -0.05) is 12.8 Å². The van der Waals surface area contributed by atoms with E-state index in [0.717, 1.165) is 13.9 Å². The van der Waals surface area contributed by atoms with E-state index < -0.39 is 0 Å². The summed E-state index contributed by atoms with van der Waals surface area (Å²) in [5, 5.41) is 0.734. The van der Waals surface area contributed by atoms with Crippen molar-refractivity contribution >= 4 is 44.8 Å². The molecule has 0 aromatic carbocycles. The third-order valence-corrected chi connectivity index (χ3v) is 5.64. The molecule has 0 bridgehead atoms. The van der Waals surface area contributed by atoms with Crippen molar-refractivity contribution in [1.29, 1.82) is 0 Å². The fourth-order valence-electron chi connectivity index (χ4n) is 1.78. The van der Waals surface area contributed by atoms with E-state index in [2.05, 4.69) is 15.9 Å². The van der Waals surface area contributed by atoms with Crippen molar-refractivity contribution in [1.82, 2.24) is 0 Å². The second-order valence-corrected chi connectivity index (χ2v) is 7.50. The second-order valence-electron chi connectivity index (χ2n) is 3.74. The Kier molecular flexibility index (Phi) is 4.29. The van der Waals surface area contributed by atoms with Crippen LogP contribution in [0.25, 0.3) is 0 Å². The predicted molar refractivity (Wildman–Crippen MR) is 71.1 cm³/mol. The monoisotopic (exact) mass is 304 g/mol. The van der Waals surface area contributed by atoms with Crippen LogP contribution in [-0.4, -0.2) is 16.8 Å². The maximum atomic E-state index is 11.8. The molecule has 0 saturated heterocycles. The first-order chi connectivity index (χ1) is 7.25. The molecule has 1 aliphatic carbocycles. The summed E-state index contributed by atoms with van der Waals surface area (Å²) in [6.45, 7) is 0. The Bertz CT molecular complexity index is 342. The van der Waals surface area contributed by atoms with Crippen molar-refractivity contribution in [3.8, 4) is 0 Å². The molecule has 0 amide bonds. The molecule has 82 valence electrons. The highest BCUT2D eigenvalue weighted by atomic mass is 79.9. The van der Waals surface area contributed by atoms with Gasteiger partial charge in [0.05, 0.1) is 14.4 Å². The molecule has 0 unspecified atom stereocenters. The van der Waals surface area contributed by atoms with E-state index in [1.165, 1.54) is 37.0 Å². The van der Waals surface area contributed by atoms with Crippen molar-refractivity contribution in [3.63, 3.8) is 0 Å². The Balaban J connectivity index is 1.81. The lowest BCUT2D eigenvalue weighted by molar-refractivity contribution is 0.102. The van der Waals surface area contributed by atoms with Crippen LogP contribution >= 0.6 is 39.0 Å². The van der Waals surface area contributed by atoms with Crippen molar-refractivity contribution < 1.29 is 4.79 Å². The van der Waals surface area contributed by atoms with Gasteiger partial charge in [-0.3, -0.25) is 4.79 Å². The fraction of sp³-hybridized carbons (Fsp3) is 0.545. The number of carbonyl (C=O) groups excluding carboxylic acids is 1. The molecule has 1 aromatic heterocycles. The van der Waals surface area contributed by atoms with Gasteiger partial charge in [0.1, 0.15) is 0 Å². The lowest BCUT2D eigenvalue weighted by Gasteiger charge is -2.06. The zero-order valence-electron chi connectivity index (χ0n) is 8.37. The first kappa shape index (κ1) is 11.7. The van der Waals surface area contributed by atoms with E-state index in [1.54, 1.807) is 0 Å². The fourth-order valence-corrected chi connectivity index (χ4v) is 4.41. The lowest BCUT2D eigenvalue weighted by atomic mass is 10.3. The first-order valence-electron chi connectivity index (χ1n) is 5.16. The molecule has 1 fully saturated rings. The average Bonchev–Trinajstić information content (AvgIpc) is 2.84. The topological polar surface area (TPSA) is 17.1 Å². The van der Waals surface area contributed by atoms with Gasteiger partial charge in [-0.2, -0.15) is 11.8 Å². The summed E-state index contributed by atoms with van der Waals surface area (Å²) in [5.74, 6) is 0.931. The average molecular weight is 305 g/mol. The number of thiophene rings is 1. The van der Waals surface area contributed by atoms with Crippen molar-refractivity contribution in [2.24, 2.45) is 0 Å². The number of halogens is 1. The van der Waals surface area contributed by atoms with E-state index >= 15 is 0 Å². The molecule has 1 saturated carbocycles. The number of thioether (sulfide) groups is 1. The predicted octanol–water partition coefficient (Wildman–Crippen LogP) is 4.37. The van der Waals surface area contributed by atoms with Gasteiger partial charge in [0.2, 0.25) is 0 Å². The zero-order valence-corrected chi connectivity index (χ0v) is 11.6. The molecule has 4 heteroatoms. The molecule has 0 radical (unpaired) electrons. The summed E-state index contributed by atoms with van der Waals surface area (Å²) in [5.41, 5.74) is 0. The third kappa shape index (κ3) is 3.33. The largest absolute Gasteiger partial charge is 0.292 e. The van der Waals surface area contributed by atoms with Gasteiger partial charge in [0, 0.05) is 5.25 Å². The SMILES string of the molecule is O=C(CSC1CCCC1)c1ccc(Br)s1. The van der Waals surface area contributed by atoms with Gasteiger partial charge in [0.25, 0.3) is 0 Å². The summed E-state index contributed by atoms with van der Waals surface area (Å²) < 4.78 is 1.04. The van der Waals surface area contributed by atoms with E-state index in [-0.39, 0.29) is 5.78 Å². The van der Waals surface area contributed by atoms with Crippen LogP contribution in [0, 0.1) is 0 Å². The number of ketones is 1. The minimum absolute atomic E-state index is 0.280. The molecule has 1 aromatic rings. The van der Waals surface area contributed by atoms with Gasteiger partial charge in [-0.25, -0.2) is 0 Å². The molecular formula is C11H13BrOS2. The van der Waals surface area contributed by atoms with Gasteiger partial charge in [-0.15, -0.1) is 11.3 Å². The molecule has 15 heavy (non-hydrogen) atoms. The Morgan fingerprint density at radius 1 is 1.47 bits per heavy atom. The number of hydrogen-bond acceptors (Lipinski definition) is 3. The Morgan fingerprint density at radius 2 is 2.20 bits per heavy atom. The van der Waals surface area contributed by atoms with Crippen LogP contribution in [0.2, 0.25) is 0 Å². The third-order valence-electron chi connectivity index (χ3n) is 2.60. The van der Waals surface area contributed by atoms with Gasteiger partial charge in [0.15, 0.2) is 5.78 Å². The summed E-state index contributed by atoms with van der Waals surface area (Å²) >= 11 is 6.75. The maximum absolute atomic E-state index is 11.8. The number of rotatable bonds is 4. The second kappa shape index (κ2) is 5.51. The summed E-state index contributed by atoms with van der Waals surface area (Å²) in [6, 6.07) is 3.85. The number of carbonyl (C=O) groups is 1. The Hall–Kier alpha value is 0.200. The quantitative estimate of drug-likeness (QED) is 0.768. The summed E-state index contributed by atoms with van der Waals surface area (Å²) in [7, 11) is 0. The summed E-state index contributed by atoms with van der Waals surface area (Å²) in [4.78, 5) is 12.7. The zero-order chi connectivity index (χ0) is 10.7. The highest BCUT2D eigenvalue weighted by molar-refractivity contribution is 9.11. The van der Waals surface area contributed by atoms with Crippen molar-refractivity contribution in [2.75, 3.05) is 5.75 Å². The Labute approximate surface area is 107 Å². The van der Waals surface area contributed by atoms with E-state index in [1.807, 2.05) is 23.9 Å². The van der Waals surface area contributed by atoms with Crippen LogP contribution in [-0.2, 0) is 0 Å². The first-order valence-corrected chi connectivity index (χ1v) is 7.81. The molecule has 2 rings (SSSR count). The van der Waals surface area contributed by atoms with Gasteiger partial charge >= 0.3 is 0 Å². The van der Waals surface area contributed by atoms with Crippen molar-refractivity contribution in [2.45, 2.75) is 30.9 Å². The van der Waals surface area contributed by atoms with E-state index in [9.17, 15) is 4.79 Å². The van der Waals surface area contributed by atoms with Crippen LogP contribution in [0.15, 0.2) is 15.9 Å². The highest BCUT2D eigenvalue weighted by Gasteiger charge is 2.17. The highest BCUT2D eigenvalue weighted by Crippen LogP contribution is 2.30. The molecule has 0 aliphatic heterocycles. The standard InChI is InChI=1S/C11H13BrOS2/c12-11-6-5-10(15-11)9(13)7-14-8-3-1-2-4-8/h5-6,8H,1-4,7H2. The number of hydrogen-bond donors (Lipinski definition) is 0. The van der Waals surface area contributed by atoms with Crippen LogP contribution < -0.4 is 0 Å². The molecule has 0 atom stereocenters. The van der Waals surface area contributed by atoms with E-state index in [4.69, 9.17) is 0 Å². The van der Waals surface area contributed by atoms with Gasteiger partial charge in [-0.05, 0) is 40.9 Å². The van der Waals surface area contributed by atoms with Gasteiger partial charge < -0.3 is 0 Å². The van der Waals surface area contributed by atoms with Crippen LogP contribution in [0.3, 0.4) is 0 Å². The molecule has 1 aliphatic rings. The van der Waals surface area contributed by atoms with Crippen molar-refractivity contribution in [3.05, 3.63) is 20.8 Å². The molecule has 0 N–H and O–H groups in total.